The average molecular weight is 530 g/mol. The van der Waals surface area contributed by atoms with Crippen molar-refractivity contribution < 1.29 is 8.42 Å². The van der Waals surface area contributed by atoms with Gasteiger partial charge in [-0.1, -0.05) is 19.3 Å². The molecule has 1 saturated carbocycles. The number of halogens is 1. The van der Waals surface area contributed by atoms with E-state index >= 15 is 0 Å². The third kappa shape index (κ3) is 11.2. The third-order valence-electron chi connectivity index (χ3n) is 5.43. The van der Waals surface area contributed by atoms with E-state index < -0.39 is 10.0 Å². The minimum absolute atomic E-state index is 0. The van der Waals surface area contributed by atoms with Crippen LogP contribution in [0.2, 0.25) is 0 Å². The number of nitrogens with one attached hydrogen (secondary N) is 3. The Morgan fingerprint density at radius 3 is 2.39 bits per heavy atom. The fourth-order valence-electron chi connectivity index (χ4n) is 3.50. The second-order valence-corrected chi connectivity index (χ2v) is 9.69. The largest absolute Gasteiger partial charge is 0.357 e. The Bertz CT molecular complexity index is 532. The molecule has 1 aliphatic carbocycles. The summed E-state index contributed by atoms with van der Waals surface area (Å²) in [6, 6.07) is 0. The number of rotatable bonds is 11. The lowest BCUT2D eigenvalue weighted by Gasteiger charge is -2.25. The number of sulfonamides is 1. The first-order chi connectivity index (χ1) is 13.1. The fourth-order valence-corrected chi connectivity index (χ4v) is 4.51. The van der Waals surface area contributed by atoms with Gasteiger partial charge in [-0.3, -0.25) is 4.99 Å². The second kappa shape index (κ2) is 14.8. The summed E-state index contributed by atoms with van der Waals surface area (Å²) in [7, 11) is -3.21. The van der Waals surface area contributed by atoms with Crippen molar-refractivity contribution in [2.24, 2.45) is 10.9 Å². The van der Waals surface area contributed by atoms with E-state index in [9.17, 15) is 8.42 Å². The fraction of sp³-hybridized carbons (Fsp3) is 0.947. The van der Waals surface area contributed by atoms with Crippen LogP contribution in [-0.2, 0) is 10.0 Å². The van der Waals surface area contributed by atoms with Crippen molar-refractivity contribution in [3.05, 3.63) is 0 Å². The molecule has 28 heavy (non-hydrogen) atoms. The van der Waals surface area contributed by atoms with Crippen molar-refractivity contribution in [2.45, 2.75) is 58.3 Å². The molecule has 0 aromatic heterocycles. The van der Waals surface area contributed by atoms with Crippen LogP contribution in [0, 0.1) is 5.92 Å². The van der Waals surface area contributed by atoms with Gasteiger partial charge in [-0.25, -0.2) is 13.1 Å². The second-order valence-electron chi connectivity index (χ2n) is 7.76. The molecule has 0 amide bonds. The third-order valence-corrected chi connectivity index (χ3v) is 6.77. The van der Waals surface area contributed by atoms with Gasteiger partial charge in [0.25, 0.3) is 0 Å². The van der Waals surface area contributed by atoms with Gasteiger partial charge in [-0.15, -0.1) is 24.0 Å². The molecule has 0 unspecified atom stereocenters. The predicted octanol–water partition coefficient (Wildman–Crippen LogP) is 2.15. The standard InChI is InChI=1S/C19H39N5O2S.HI/c1-2-20-19(21-11-8-15-24-13-5-3-4-6-14-24)22-12-16-27(25,26)23-17-18-9-7-10-18;/h18,23H,2-17H2,1H3,(H2,20,21,22);1H. The number of likely N-dealkylation sites (tertiary alicyclic amines) is 1. The topological polar surface area (TPSA) is 85.8 Å². The van der Waals surface area contributed by atoms with Gasteiger partial charge in [-0.05, 0) is 64.6 Å². The highest BCUT2D eigenvalue weighted by molar-refractivity contribution is 14.0. The van der Waals surface area contributed by atoms with Crippen molar-refractivity contribution in [1.29, 1.82) is 0 Å². The summed E-state index contributed by atoms with van der Waals surface area (Å²) >= 11 is 0. The highest BCUT2D eigenvalue weighted by atomic mass is 127. The Morgan fingerprint density at radius 2 is 1.79 bits per heavy atom. The molecule has 2 aliphatic rings. The summed E-state index contributed by atoms with van der Waals surface area (Å²) < 4.78 is 26.8. The van der Waals surface area contributed by atoms with Crippen molar-refractivity contribution >= 4 is 40.0 Å². The van der Waals surface area contributed by atoms with Crippen LogP contribution in [0.25, 0.3) is 0 Å². The quantitative estimate of drug-likeness (QED) is 0.165. The summed E-state index contributed by atoms with van der Waals surface area (Å²) in [4.78, 5) is 7.13. The molecule has 1 saturated heterocycles. The van der Waals surface area contributed by atoms with Crippen LogP contribution in [0.3, 0.4) is 0 Å². The maximum atomic E-state index is 12.1. The van der Waals surface area contributed by atoms with Crippen LogP contribution < -0.4 is 15.4 Å². The molecule has 7 nitrogen and oxygen atoms in total. The molecular weight excluding hydrogens is 489 g/mol. The van der Waals surface area contributed by atoms with Gasteiger partial charge in [0.05, 0.1) is 5.75 Å². The highest BCUT2D eigenvalue weighted by Gasteiger charge is 2.20. The van der Waals surface area contributed by atoms with Crippen LogP contribution in [-0.4, -0.2) is 70.8 Å². The summed E-state index contributed by atoms with van der Waals surface area (Å²) in [6.07, 6.45) is 9.92. The van der Waals surface area contributed by atoms with Crippen molar-refractivity contribution in [3.63, 3.8) is 0 Å². The number of aliphatic imine (C=N–C) groups is 1. The van der Waals surface area contributed by atoms with E-state index in [4.69, 9.17) is 0 Å². The van der Waals surface area contributed by atoms with Gasteiger partial charge in [-0.2, -0.15) is 0 Å². The van der Waals surface area contributed by atoms with Crippen LogP contribution >= 0.6 is 24.0 Å². The monoisotopic (exact) mass is 529 g/mol. The number of hydrogen-bond acceptors (Lipinski definition) is 4. The molecule has 0 bridgehead atoms. The van der Waals surface area contributed by atoms with E-state index in [2.05, 4.69) is 25.2 Å². The Kier molecular flexibility index (Phi) is 13.7. The molecule has 1 aliphatic heterocycles. The minimum atomic E-state index is -3.21. The molecule has 0 atom stereocenters. The molecular formula is C19H40IN5O2S. The average Bonchev–Trinajstić information content (AvgIpc) is 2.86. The zero-order valence-electron chi connectivity index (χ0n) is 17.4. The zero-order chi connectivity index (χ0) is 19.4. The first-order valence-electron chi connectivity index (χ1n) is 10.8. The lowest BCUT2D eigenvalue weighted by atomic mass is 9.86. The Balaban J connectivity index is 0.00000392. The maximum Gasteiger partial charge on any atom is 0.213 e. The first-order valence-corrected chi connectivity index (χ1v) is 12.5. The van der Waals surface area contributed by atoms with E-state index in [1.165, 1.54) is 45.2 Å². The van der Waals surface area contributed by atoms with Crippen LogP contribution in [0.5, 0.6) is 0 Å². The Morgan fingerprint density at radius 1 is 1.07 bits per heavy atom. The van der Waals surface area contributed by atoms with Crippen molar-refractivity contribution in [2.75, 3.05) is 51.6 Å². The van der Waals surface area contributed by atoms with E-state index in [-0.39, 0.29) is 29.7 Å². The van der Waals surface area contributed by atoms with E-state index in [1.54, 1.807) is 0 Å². The summed E-state index contributed by atoms with van der Waals surface area (Å²) in [6.45, 7) is 8.04. The maximum absolute atomic E-state index is 12.1. The van der Waals surface area contributed by atoms with Gasteiger partial charge in [0.15, 0.2) is 5.96 Å². The normalized spacial score (nSPS) is 19.4. The van der Waals surface area contributed by atoms with Crippen LogP contribution in [0.1, 0.15) is 58.3 Å². The Hall–Kier alpha value is -0.130. The molecule has 2 fully saturated rings. The van der Waals surface area contributed by atoms with E-state index in [0.29, 0.717) is 25.0 Å². The first kappa shape index (κ1) is 25.9. The highest BCUT2D eigenvalue weighted by Crippen LogP contribution is 2.25. The lowest BCUT2D eigenvalue weighted by Crippen LogP contribution is -2.42. The van der Waals surface area contributed by atoms with Crippen molar-refractivity contribution in [3.8, 4) is 0 Å². The summed E-state index contributed by atoms with van der Waals surface area (Å²) in [5.74, 6) is 1.33. The van der Waals surface area contributed by atoms with Crippen LogP contribution in [0.15, 0.2) is 4.99 Å². The summed E-state index contributed by atoms with van der Waals surface area (Å²) in [5.41, 5.74) is 0. The number of hydrogen-bond donors (Lipinski definition) is 3. The van der Waals surface area contributed by atoms with Crippen LogP contribution in [0.4, 0.5) is 0 Å². The zero-order valence-corrected chi connectivity index (χ0v) is 20.6. The van der Waals surface area contributed by atoms with Gasteiger partial charge in [0.1, 0.15) is 0 Å². The van der Waals surface area contributed by atoms with Gasteiger partial charge in [0, 0.05) is 26.2 Å². The van der Waals surface area contributed by atoms with Crippen molar-refractivity contribution in [1.82, 2.24) is 20.3 Å². The smallest absolute Gasteiger partial charge is 0.213 e. The Labute approximate surface area is 189 Å². The predicted molar refractivity (Wildman–Crippen MR) is 128 cm³/mol. The van der Waals surface area contributed by atoms with Gasteiger partial charge < -0.3 is 15.5 Å². The molecule has 0 aromatic carbocycles. The molecule has 2 rings (SSSR count). The minimum Gasteiger partial charge on any atom is -0.357 e. The molecule has 0 aromatic rings. The molecule has 0 spiro atoms. The van der Waals surface area contributed by atoms with E-state index in [1.807, 2.05) is 6.92 Å². The van der Waals surface area contributed by atoms with Gasteiger partial charge >= 0.3 is 0 Å². The number of nitrogens with zero attached hydrogens (tertiary/aromatic N) is 2. The molecule has 166 valence electrons. The molecule has 0 radical (unpaired) electrons. The van der Waals surface area contributed by atoms with E-state index in [0.717, 1.165) is 38.9 Å². The molecule has 1 heterocycles. The summed E-state index contributed by atoms with van der Waals surface area (Å²) in [5, 5.41) is 6.34. The number of guanidine groups is 1. The SMILES string of the molecule is CCNC(=NCCCN1CCCCCC1)NCCS(=O)(=O)NCC1CCC1.I. The molecule has 3 N–H and O–H groups in total. The lowest BCUT2D eigenvalue weighted by molar-refractivity contribution is 0.283. The molecule has 9 heteroatoms. The van der Waals surface area contributed by atoms with Gasteiger partial charge in [0.2, 0.25) is 10.0 Å².